The van der Waals surface area contributed by atoms with Gasteiger partial charge in [0.15, 0.2) is 9.84 Å². The topological polar surface area (TPSA) is 60.2 Å². The molecule has 0 heterocycles. The summed E-state index contributed by atoms with van der Waals surface area (Å²) in [5.41, 5.74) is 8.92. The van der Waals surface area contributed by atoms with Crippen LogP contribution in [0.3, 0.4) is 0 Å². The second-order valence-corrected chi connectivity index (χ2v) is 9.10. The first-order chi connectivity index (χ1) is 9.63. The fourth-order valence-corrected chi connectivity index (χ4v) is 3.97. The third-order valence-electron chi connectivity index (χ3n) is 3.78. The molecule has 4 heteroatoms. The van der Waals surface area contributed by atoms with Crippen LogP contribution in [0.4, 0.5) is 0 Å². The van der Waals surface area contributed by atoms with Gasteiger partial charge in [-0.2, -0.15) is 0 Å². The van der Waals surface area contributed by atoms with Gasteiger partial charge in [-0.05, 0) is 44.2 Å². The molecule has 3 nitrogen and oxygen atoms in total. The van der Waals surface area contributed by atoms with Crippen molar-refractivity contribution in [2.45, 2.75) is 52.7 Å². The Morgan fingerprint density at radius 3 is 2.14 bits per heavy atom. The van der Waals surface area contributed by atoms with Crippen molar-refractivity contribution in [1.29, 1.82) is 0 Å². The largest absolute Gasteiger partial charge is 0.330 e. The van der Waals surface area contributed by atoms with Crippen LogP contribution < -0.4 is 5.73 Å². The average molecular weight is 311 g/mol. The second kappa shape index (κ2) is 7.41. The molecule has 0 bridgehead atoms. The van der Waals surface area contributed by atoms with E-state index in [-0.39, 0.29) is 16.9 Å². The molecule has 0 aliphatic heterocycles. The van der Waals surface area contributed by atoms with Gasteiger partial charge in [-0.15, -0.1) is 0 Å². The summed E-state index contributed by atoms with van der Waals surface area (Å²) in [6, 6.07) is 5.98. The molecule has 0 aromatic heterocycles. The summed E-state index contributed by atoms with van der Waals surface area (Å²) in [4.78, 5) is 0. The molecular weight excluding hydrogens is 282 g/mol. The lowest BCUT2D eigenvalue weighted by Crippen LogP contribution is -2.23. The van der Waals surface area contributed by atoms with Crippen LogP contribution in [0.15, 0.2) is 18.2 Å². The number of aryl methyl sites for hydroxylation is 2. The zero-order valence-electron chi connectivity index (χ0n) is 13.8. The van der Waals surface area contributed by atoms with E-state index >= 15 is 0 Å². The fraction of sp³-hybridized carbons (Fsp3) is 0.647. The summed E-state index contributed by atoms with van der Waals surface area (Å²) >= 11 is 0. The van der Waals surface area contributed by atoms with E-state index in [1.807, 2.05) is 26.0 Å². The quantitative estimate of drug-likeness (QED) is 0.749. The maximum atomic E-state index is 12.2. The van der Waals surface area contributed by atoms with Crippen molar-refractivity contribution in [2.24, 2.45) is 11.1 Å². The van der Waals surface area contributed by atoms with Crippen LogP contribution in [0.25, 0.3) is 0 Å². The van der Waals surface area contributed by atoms with Crippen LogP contribution in [0.2, 0.25) is 0 Å². The molecule has 1 aromatic carbocycles. The first kappa shape index (κ1) is 18.2. The molecule has 1 aromatic rings. The van der Waals surface area contributed by atoms with Gasteiger partial charge in [-0.3, -0.25) is 0 Å². The molecule has 0 radical (unpaired) electrons. The Balaban J connectivity index is 2.51. The SMILES string of the molecule is Cc1cc(C)cc(CS(=O)(=O)CCCCC(C)(C)CN)c1. The molecule has 0 fully saturated rings. The van der Waals surface area contributed by atoms with E-state index < -0.39 is 9.84 Å². The molecule has 120 valence electrons. The summed E-state index contributed by atoms with van der Waals surface area (Å²) in [7, 11) is -3.02. The van der Waals surface area contributed by atoms with E-state index in [4.69, 9.17) is 5.73 Å². The van der Waals surface area contributed by atoms with Gasteiger partial charge in [0, 0.05) is 0 Å². The van der Waals surface area contributed by atoms with Crippen LogP contribution in [0, 0.1) is 19.3 Å². The number of sulfone groups is 1. The Hall–Kier alpha value is -0.870. The van der Waals surface area contributed by atoms with Crippen molar-refractivity contribution < 1.29 is 8.42 Å². The molecule has 0 amide bonds. The van der Waals surface area contributed by atoms with E-state index in [2.05, 4.69) is 19.9 Å². The summed E-state index contributed by atoms with van der Waals surface area (Å²) in [6.45, 7) is 8.88. The van der Waals surface area contributed by atoms with Gasteiger partial charge in [0.25, 0.3) is 0 Å². The monoisotopic (exact) mass is 311 g/mol. The van der Waals surface area contributed by atoms with Gasteiger partial charge in [0.05, 0.1) is 11.5 Å². The Morgan fingerprint density at radius 2 is 1.62 bits per heavy atom. The standard InChI is InChI=1S/C17H29NO2S/c1-14-9-15(2)11-16(10-14)12-21(19,20)8-6-5-7-17(3,4)13-18/h9-11H,5-8,12-13,18H2,1-4H3. The number of unbranched alkanes of at least 4 members (excludes halogenated alkanes) is 1. The predicted octanol–water partition coefficient (Wildman–Crippen LogP) is 3.37. The van der Waals surface area contributed by atoms with Gasteiger partial charge in [0.1, 0.15) is 0 Å². The first-order valence-electron chi connectivity index (χ1n) is 7.61. The Kier molecular flexibility index (Phi) is 6.41. The van der Waals surface area contributed by atoms with Gasteiger partial charge in [0.2, 0.25) is 0 Å². The molecule has 0 spiro atoms. The second-order valence-electron chi connectivity index (χ2n) is 6.91. The van der Waals surface area contributed by atoms with Crippen molar-refractivity contribution in [1.82, 2.24) is 0 Å². The predicted molar refractivity (Wildman–Crippen MR) is 90.1 cm³/mol. The van der Waals surface area contributed by atoms with E-state index in [1.165, 1.54) is 0 Å². The van der Waals surface area contributed by atoms with Crippen molar-refractivity contribution in [2.75, 3.05) is 12.3 Å². The molecule has 0 aliphatic rings. The molecule has 1 rings (SSSR count). The Morgan fingerprint density at radius 1 is 1.05 bits per heavy atom. The minimum Gasteiger partial charge on any atom is -0.330 e. The highest BCUT2D eigenvalue weighted by Gasteiger charge is 2.16. The van der Waals surface area contributed by atoms with Crippen molar-refractivity contribution in [3.63, 3.8) is 0 Å². The summed E-state index contributed by atoms with van der Waals surface area (Å²) in [6.07, 6.45) is 2.61. The molecule has 21 heavy (non-hydrogen) atoms. The summed E-state index contributed by atoms with van der Waals surface area (Å²) in [5, 5.41) is 0. The van der Waals surface area contributed by atoms with E-state index in [0.29, 0.717) is 6.54 Å². The Labute approximate surface area is 129 Å². The molecular formula is C17H29NO2S. The summed E-state index contributed by atoms with van der Waals surface area (Å²) < 4.78 is 24.4. The normalized spacial score (nSPS) is 12.6. The van der Waals surface area contributed by atoms with E-state index in [0.717, 1.165) is 36.0 Å². The van der Waals surface area contributed by atoms with E-state index in [9.17, 15) is 8.42 Å². The number of hydrogen-bond donors (Lipinski definition) is 1. The number of rotatable bonds is 8. The lowest BCUT2D eigenvalue weighted by atomic mass is 9.88. The van der Waals surface area contributed by atoms with Gasteiger partial charge < -0.3 is 5.73 Å². The van der Waals surface area contributed by atoms with Gasteiger partial charge >= 0.3 is 0 Å². The van der Waals surface area contributed by atoms with Crippen LogP contribution in [-0.4, -0.2) is 20.7 Å². The molecule has 0 saturated heterocycles. The molecule has 0 unspecified atom stereocenters. The maximum absolute atomic E-state index is 12.2. The molecule has 0 atom stereocenters. The third-order valence-corrected chi connectivity index (χ3v) is 5.46. The maximum Gasteiger partial charge on any atom is 0.154 e. The highest BCUT2D eigenvalue weighted by atomic mass is 32.2. The Bertz CT molecular complexity index is 542. The zero-order chi connectivity index (χ0) is 16.1. The number of hydrogen-bond acceptors (Lipinski definition) is 3. The van der Waals surface area contributed by atoms with Crippen LogP contribution >= 0.6 is 0 Å². The lowest BCUT2D eigenvalue weighted by molar-refractivity contribution is 0.335. The highest BCUT2D eigenvalue weighted by Crippen LogP contribution is 2.22. The van der Waals surface area contributed by atoms with Crippen LogP contribution in [-0.2, 0) is 15.6 Å². The van der Waals surface area contributed by atoms with Gasteiger partial charge in [-0.25, -0.2) is 8.42 Å². The first-order valence-corrected chi connectivity index (χ1v) is 9.43. The summed E-state index contributed by atoms with van der Waals surface area (Å²) in [5.74, 6) is 0.413. The number of benzene rings is 1. The van der Waals surface area contributed by atoms with Crippen molar-refractivity contribution in [3.8, 4) is 0 Å². The highest BCUT2D eigenvalue weighted by molar-refractivity contribution is 7.90. The minimum absolute atomic E-state index is 0.109. The van der Waals surface area contributed by atoms with Crippen LogP contribution in [0.1, 0.15) is 49.8 Å². The fourth-order valence-electron chi connectivity index (χ4n) is 2.51. The molecule has 0 saturated carbocycles. The smallest absolute Gasteiger partial charge is 0.154 e. The third kappa shape index (κ3) is 7.09. The van der Waals surface area contributed by atoms with Crippen molar-refractivity contribution >= 4 is 9.84 Å². The molecule has 2 N–H and O–H groups in total. The zero-order valence-corrected chi connectivity index (χ0v) is 14.6. The number of nitrogens with two attached hydrogens (primary N) is 1. The lowest BCUT2D eigenvalue weighted by Gasteiger charge is -2.21. The molecule has 0 aliphatic carbocycles. The van der Waals surface area contributed by atoms with Crippen molar-refractivity contribution in [3.05, 3.63) is 34.9 Å². The van der Waals surface area contributed by atoms with Crippen LogP contribution in [0.5, 0.6) is 0 Å². The van der Waals surface area contributed by atoms with E-state index in [1.54, 1.807) is 0 Å². The average Bonchev–Trinajstić information content (AvgIpc) is 2.33. The van der Waals surface area contributed by atoms with Gasteiger partial charge in [-0.1, -0.05) is 49.6 Å². The minimum atomic E-state index is -3.02.